The highest BCUT2D eigenvalue weighted by Crippen LogP contribution is 2.37. The van der Waals surface area contributed by atoms with Crippen LogP contribution in [0.1, 0.15) is 43.5 Å². The lowest BCUT2D eigenvalue weighted by Gasteiger charge is -2.34. The quantitative estimate of drug-likeness (QED) is 0.850. The van der Waals surface area contributed by atoms with Crippen LogP contribution in [0.15, 0.2) is 12.1 Å². The number of likely N-dealkylation sites (tertiary alicyclic amines) is 1. The van der Waals surface area contributed by atoms with Crippen molar-refractivity contribution >= 4 is 17.5 Å². The number of carbonyl (C=O) groups is 1. The molecule has 1 aliphatic rings. The van der Waals surface area contributed by atoms with Gasteiger partial charge in [0.25, 0.3) is 5.91 Å². The number of nitrogens with zero attached hydrogens (tertiary/aromatic N) is 1. The molecule has 0 bridgehead atoms. The van der Waals surface area contributed by atoms with E-state index in [1.165, 1.54) is 0 Å². The van der Waals surface area contributed by atoms with Crippen LogP contribution in [0.2, 0.25) is 5.02 Å². The van der Waals surface area contributed by atoms with E-state index in [0.717, 1.165) is 25.8 Å². The van der Waals surface area contributed by atoms with Crippen molar-refractivity contribution in [3.63, 3.8) is 0 Å². The molecule has 0 aliphatic carbocycles. The Labute approximate surface area is 149 Å². The molecular formula is C18H27ClN2O3. The van der Waals surface area contributed by atoms with Gasteiger partial charge in [-0.05, 0) is 44.2 Å². The van der Waals surface area contributed by atoms with Crippen LogP contribution in [0, 0.1) is 5.92 Å². The summed E-state index contributed by atoms with van der Waals surface area (Å²) in [6.45, 7) is 5.99. The third-order valence-corrected chi connectivity index (χ3v) is 4.70. The van der Waals surface area contributed by atoms with Crippen molar-refractivity contribution in [2.24, 2.45) is 11.7 Å². The average molecular weight is 355 g/mol. The highest BCUT2D eigenvalue weighted by atomic mass is 35.5. The lowest BCUT2D eigenvalue weighted by atomic mass is 9.92. The zero-order valence-corrected chi connectivity index (χ0v) is 15.4. The Morgan fingerprint density at radius 3 is 2.88 bits per heavy atom. The Bertz CT molecular complexity index is 578. The molecule has 1 amide bonds. The first-order valence-corrected chi connectivity index (χ1v) is 8.90. The van der Waals surface area contributed by atoms with Crippen molar-refractivity contribution in [3.8, 4) is 11.5 Å². The Balaban J connectivity index is 2.21. The van der Waals surface area contributed by atoms with Crippen LogP contribution in [-0.2, 0) is 0 Å². The number of rotatable bonds is 6. The number of methoxy groups -OCH3 is 1. The van der Waals surface area contributed by atoms with E-state index in [4.69, 9.17) is 26.8 Å². The molecule has 1 aromatic carbocycles. The van der Waals surface area contributed by atoms with Crippen molar-refractivity contribution in [2.45, 2.75) is 39.2 Å². The van der Waals surface area contributed by atoms with Crippen LogP contribution in [0.25, 0.3) is 0 Å². The number of carbonyl (C=O) groups excluding carboxylic acids is 1. The Hall–Kier alpha value is -1.46. The van der Waals surface area contributed by atoms with Gasteiger partial charge in [-0.3, -0.25) is 4.79 Å². The lowest BCUT2D eigenvalue weighted by molar-refractivity contribution is 0.0660. The monoisotopic (exact) mass is 354 g/mol. The molecule has 24 heavy (non-hydrogen) atoms. The van der Waals surface area contributed by atoms with Gasteiger partial charge in [-0.2, -0.15) is 0 Å². The topological polar surface area (TPSA) is 64.8 Å². The van der Waals surface area contributed by atoms with Crippen LogP contribution in [0.4, 0.5) is 0 Å². The number of ether oxygens (including phenoxy) is 2. The molecule has 1 fully saturated rings. The smallest absolute Gasteiger partial charge is 0.254 e. The summed E-state index contributed by atoms with van der Waals surface area (Å²) in [5.74, 6) is 1.28. The molecule has 0 radical (unpaired) electrons. The standard InChI is InChI=1S/C18H27ClN2O3/c1-4-8-24-17-15(19)9-14(10-16(17)23-3)18(22)21-7-5-6-13(11-21)12(2)20/h9-10,12-13H,4-8,11,20H2,1-3H3. The van der Waals surface area contributed by atoms with E-state index in [1.807, 2.05) is 18.7 Å². The number of nitrogens with two attached hydrogens (primary N) is 1. The predicted molar refractivity (Wildman–Crippen MR) is 96.1 cm³/mol. The van der Waals surface area contributed by atoms with E-state index in [2.05, 4.69) is 0 Å². The van der Waals surface area contributed by atoms with Gasteiger partial charge in [0, 0.05) is 24.7 Å². The second-order valence-corrected chi connectivity index (χ2v) is 6.76. The Morgan fingerprint density at radius 2 is 2.25 bits per heavy atom. The zero-order chi connectivity index (χ0) is 17.7. The summed E-state index contributed by atoms with van der Waals surface area (Å²) in [7, 11) is 1.55. The van der Waals surface area contributed by atoms with Gasteiger partial charge in [-0.1, -0.05) is 18.5 Å². The van der Waals surface area contributed by atoms with Crippen molar-refractivity contribution in [1.82, 2.24) is 4.90 Å². The molecule has 134 valence electrons. The van der Waals surface area contributed by atoms with Gasteiger partial charge in [-0.15, -0.1) is 0 Å². The third-order valence-electron chi connectivity index (χ3n) is 4.42. The fourth-order valence-corrected chi connectivity index (χ4v) is 3.26. The number of piperidine rings is 1. The van der Waals surface area contributed by atoms with Crippen molar-refractivity contribution in [2.75, 3.05) is 26.8 Å². The highest BCUT2D eigenvalue weighted by Gasteiger charge is 2.27. The largest absolute Gasteiger partial charge is 0.493 e. The van der Waals surface area contributed by atoms with Gasteiger partial charge < -0.3 is 20.1 Å². The van der Waals surface area contributed by atoms with Crippen LogP contribution >= 0.6 is 11.6 Å². The molecule has 2 rings (SSSR count). The molecule has 1 aliphatic heterocycles. The fraction of sp³-hybridized carbons (Fsp3) is 0.611. The van der Waals surface area contributed by atoms with Crippen molar-refractivity contribution in [1.29, 1.82) is 0 Å². The summed E-state index contributed by atoms with van der Waals surface area (Å²) in [6.07, 6.45) is 2.91. The normalized spacial score (nSPS) is 19.0. The van der Waals surface area contributed by atoms with Gasteiger partial charge in [0.2, 0.25) is 0 Å². The van der Waals surface area contributed by atoms with Gasteiger partial charge in [0.15, 0.2) is 11.5 Å². The Kier molecular flexibility index (Phi) is 6.75. The zero-order valence-electron chi connectivity index (χ0n) is 14.7. The minimum Gasteiger partial charge on any atom is -0.493 e. The number of benzene rings is 1. The summed E-state index contributed by atoms with van der Waals surface area (Å²) in [5.41, 5.74) is 6.53. The first kappa shape index (κ1) is 18.9. The first-order valence-electron chi connectivity index (χ1n) is 8.53. The number of hydrogen-bond donors (Lipinski definition) is 1. The van der Waals surface area contributed by atoms with Gasteiger partial charge >= 0.3 is 0 Å². The SMILES string of the molecule is CCCOc1c(Cl)cc(C(=O)N2CCCC(C(C)N)C2)cc1OC. The van der Waals surface area contributed by atoms with Crippen LogP contribution in [-0.4, -0.2) is 43.7 Å². The molecule has 0 spiro atoms. The predicted octanol–water partition coefficient (Wildman–Crippen LogP) is 3.34. The Morgan fingerprint density at radius 1 is 1.50 bits per heavy atom. The maximum atomic E-state index is 12.8. The van der Waals surface area contributed by atoms with Crippen molar-refractivity contribution < 1.29 is 14.3 Å². The molecule has 0 aromatic heterocycles. The van der Waals surface area contributed by atoms with Crippen LogP contribution in [0.5, 0.6) is 11.5 Å². The molecule has 2 atom stereocenters. The van der Waals surface area contributed by atoms with E-state index >= 15 is 0 Å². The number of halogens is 1. The summed E-state index contributed by atoms with van der Waals surface area (Å²) < 4.78 is 11.0. The maximum Gasteiger partial charge on any atom is 0.254 e. The number of amides is 1. The molecular weight excluding hydrogens is 328 g/mol. The minimum atomic E-state index is -0.0393. The van der Waals surface area contributed by atoms with Gasteiger partial charge in [0.1, 0.15) is 0 Å². The number of hydrogen-bond acceptors (Lipinski definition) is 4. The molecule has 1 aromatic rings. The van der Waals surface area contributed by atoms with Crippen LogP contribution < -0.4 is 15.2 Å². The average Bonchev–Trinajstić information content (AvgIpc) is 2.59. The molecule has 2 unspecified atom stereocenters. The molecule has 6 heteroatoms. The molecule has 5 nitrogen and oxygen atoms in total. The van der Waals surface area contributed by atoms with Gasteiger partial charge in [0.05, 0.1) is 18.7 Å². The molecule has 0 saturated carbocycles. The molecule has 2 N–H and O–H groups in total. The second kappa shape index (κ2) is 8.58. The summed E-state index contributed by atoms with van der Waals surface area (Å²) in [5, 5.41) is 0.395. The summed E-state index contributed by atoms with van der Waals surface area (Å²) in [6, 6.07) is 3.45. The summed E-state index contributed by atoms with van der Waals surface area (Å²) >= 11 is 6.32. The van der Waals surface area contributed by atoms with E-state index in [9.17, 15) is 4.79 Å². The van der Waals surface area contributed by atoms with E-state index in [0.29, 0.717) is 41.2 Å². The summed E-state index contributed by atoms with van der Waals surface area (Å²) in [4.78, 5) is 14.7. The second-order valence-electron chi connectivity index (χ2n) is 6.35. The fourth-order valence-electron chi connectivity index (χ4n) is 2.99. The van der Waals surface area contributed by atoms with Gasteiger partial charge in [-0.25, -0.2) is 0 Å². The third kappa shape index (κ3) is 4.33. The first-order chi connectivity index (χ1) is 11.5. The van der Waals surface area contributed by atoms with E-state index < -0.39 is 0 Å². The van der Waals surface area contributed by atoms with Crippen molar-refractivity contribution in [3.05, 3.63) is 22.7 Å². The minimum absolute atomic E-state index is 0.0393. The van der Waals surface area contributed by atoms with Crippen LogP contribution in [0.3, 0.4) is 0 Å². The lowest BCUT2D eigenvalue weighted by Crippen LogP contribution is -2.45. The highest BCUT2D eigenvalue weighted by molar-refractivity contribution is 6.32. The maximum absolute atomic E-state index is 12.8. The molecule has 1 saturated heterocycles. The van der Waals surface area contributed by atoms with E-state index in [-0.39, 0.29) is 11.9 Å². The van der Waals surface area contributed by atoms with E-state index in [1.54, 1.807) is 19.2 Å². The molecule has 1 heterocycles.